The first-order chi connectivity index (χ1) is 14.5. The van der Waals surface area contributed by atoms with Gasteiger partial charge in [-0.15, -0.1) is 0 Å². The van der Waals surface area contributed by atoms with Gasteiger partial charge in [0.05, 0.1) is 25.1 Å². The number of aromatic nitrogens is 2. The van der Waals surface area contributed by atoms with Gasteiger partial charge in [-0.25, -0.2) is 4.98 Å². The molecule has 156 valence electrons. The van der Waals surface area contributed by atoms with E-state index < -0.39 is 0 Å². The van der Waals surface area contributed by atoms with E-state index in [-0.39, 0.29) is 19.1 Å². The van der Waals surface area contributed by atoms with Crippen molar-refractivity contribution in [1.29, 1.82) is 0 Å². The predicted molar refractivity (Wildman–Crippen MR) is 118 cm³/mol. The first kappa shape index (κ1) is 21.3. The van der Waals surface area contributed by atoms with E-state index in [1.165, 1.54) is 6.08 Å². The quantitative estimate of drug-likeness (QED) is 0.582. The molecule has 1 heterocycles. The van der Waals surface area contributed by atoms with Crippen molar-refractivity contribution in [2.24, 2.45) is 0 Å². The van der Waals surface area contributed by atoms with Gasteiger partial charge in [-0.2, -0.15) is 0 Å². The van der Waals surface area contributed by atoms with Crippen LogP contribution in [0.4, 0.5) is 0 Å². The molecule has 0 aliphatic heterocycles. The highest BCUT2D eigenvalue weighted by Gasteiger charge is 2.12. The van der Waals surface area contributed by atoms with Gasteiger partial charge in [-0.3, -0.25) is 4.79 Å². The second-order valence-corrected chi connectivity index (χ2v) is 7.03. The number of benzene rings is 2. The molecule has 0 unspecified atom stereocenters. The molecule has 3 rings (SSSR count). The summed E-state index contributed by atoms with van der Waals surface area (Å²) in [6, 6.07) is 15.5. The van der Waals surface area contributed by atoms with Gasteiger partial charge < -0.3 is 19.3 Å². The molecule has 0 saturated heterocycles. The van der Waals surface area contributed by atoms with Crippen molar-refractivity contribution in [3.63, 3.8) is 0 Å². The smallest absolute Gasteiger partial charge is 0.246 e. The van der Waals surface area contributed by atoms with Crippen molar-refractivity contribution < 1.29 is 14.6 Å². The maximum Gasteiger partial charge on any atom is 0.246 e. The number of nitrogens with zero attached hydrogens (tertiary/aromatic N) is 3. The SMILES string of the molecule is COc1cc(/C=C/C(=O)N(CCO)Cc2ccccc2)ccc1-n1cc(C)nc1C. The van der Waals surface area contributed by atoms with Crippen LogP contribution in [0, 0.1) is 13.8 Å². The molecule has 1 aromatic heterocycles. The zero-order valence-electron chi connectivity index (χ0n) is 17.6. The van der Waals surface area contributed by atoms with Crippen molar-refractivity contribution in [3.8, 4) is 11.4 Å². The van der Waals surface area contributed by atoms with Crippen LogP contribution in [0.25, 0.3) is 11.8 Å². The van der Waals surface area contributed by atoms with Crippen molar-refractivity contribution in [2.45, 2.75) is 20.4 Å². The summed E-state index contributed by atoms with van der Waals surface area (Å²) in [6.45, 7) is 4.54. The molecule has 0 atom stereocenters. The largest absolute Gasteiger partial charge is 0.495 e. The van der Waals surface area contributed by atoms with Crippen molar-refractivity contribution in [1.82, 2.24) is 14.5 Å². The summed E-state index contributed by atoms with van der Waals surface area (Å²) in [4.78, 5) is 18.7. The van der Waals surface area contributed by atoms with Crippen molar-refractivity contribution in [2.75, 3.05) is 20.3 Å². The highest BCUT2D eigenvalue weighted by Crippen LogP contribution is 2.26. The summed E-state index contributed by atoms with van der Waals surface area (Å²) in [5.74, 6) is 1.42. The Labute approximate surface area is 177 Å². The Morgan fingerprint density at radius 2 is 1.97 bits per heavy atom. The Morgan fingerprint density at radius 1 is 1.20 bits per heavy atom. The van der Waals surface area contributed by atoms with Gasteiger partial charge in [-0.1, -0.05) is 36.4 Å². The maximum atomic E-state index is 12.7. The van der Waals surface area contributed by atoms with E-state index in [9.17, 15) is 9.90 Å². The third-order valence-electron chi connectivity index (χ3n) is 4.78. The number of rotatable bonds is 8. The second kappa shape index (κ2) is 9.89. The molecule has 30 heavy (non-hydrogen) atoms. The molecule has 0 aliphatic carbocycles. The summed E-state index contributed by atoms with van der Waals surface area (Å²) in [7, 11) is 1.62. The molecular formula is C24H27N3O3. The van der Waals surface area contributed by atoms with E-state index in [1.54, 1.807) is 18.1 Å². The van der Waals surface area contributed by atoms with Gasteiger partial charge in [0.15, 0.2) is 0 Å². The molecule has 3 aromatic rings. The lowest BCUT2D eigenvalue weighted by Gasteiger charge is -2.20. The molecule has 0 radical (unpaired) electrons. The normalized spacial score (nSPS) is 11.1. The van der Waals surface area contributed by atoms with Gasteiger partial charge in [0.2, 0.25) is 5.91 Å². The first-order valence-corrected chi connectivity index (χ1v) is 9.84. The number of carbonyl (C=O) groups is 1. The van der Waals surface area contributed by atoms with E-state index in [2.05, 4.69) is 4.98 Å². The monoisotopic (exact) mass is 405 g/mol. The number of aliphatic hydroxyl groups excluding tert-OH is 1. The van der Waals surface area contributed by atoms with E-state index in [0.717, 1.165) is 28.3 Å². The van der Waals surface area contributed by atoms with Crippen LogP contribution in [-0.4, -0.2) is 45.7 Å². The summed E-state index contributed by atoms with van der Waals surface area (Å²) in [5, 5.41) is 9.34. The minimum atomic E-state index is -0.156. The lowest BCUT2D eigenvalue weighted by molar-refractivity contribution is -0.127. The number of hydrogen-bond donors (Lipinski definition) is 1. The van der Waals surface area contributed by atoms with Crippen LogP contribution < -0.4 is 4.74 Å². The average Bonchev–Trinajstić information content (AvgIpc) is 3.09. The molecular weight excluding hydrogens is 378 g/mol. The van der Waals surface area contributed by atoms with Gasteiger partial charge in [0.25, 0.3) is 0 Å². The van der Waals surface area contributed by atoms with Crippen molar-refractivity contribution >= 4 is 12.0 Å². The molecule has 0 fully saturated rings. The molecule has 2 aromatic carbocycles. The van der Waals surface area contributed by atoms with Crippen LogP contribution in [0.5, 0.6) is 5.75 Å². The van der Waals surface area contributed by atoms with Gasteiger partial charge in [-0.05, 0) is 43.2 Å². The minimum absolute atomic E-state index is 0.0847. The summed E-state index contributed by atoms with van der Waals surface area (Å²) < 4.78 is 7.55. The molecule has 1 N–H and O–H groups in total. The second-order valence-electron chi connectivity index (χ2n) is 7.03. The summed E-state index contributed by atoms with van der Waals surface area (Å²) >= 11 is 0. The topological polar surface area (TPSA) is 67.6 Å². The molecule has 6 heteroatoms. The maximum absolute atomic E-state index is 12.7. The number of amides is 1. The molecule has 1 amide bonds. The van der Waals surface area contributed by atoms with Crippen LogP contribution >= 0.6 is 0 Å². The van der Waals surface area contributed by atoms with Crippen LogP contribution in [0.3, 0.4) is 0 Å². The molecule has 0 bridgehead atoms. The van der Waals surface area contributed by atoms with E-state index in [1.807, 2.05) is 73.1 Å². The highest BCUT2D eigenvalue weighted by atomic mass is 16.5. The molecule has 0 spiro atoms. The Balaban J connectivity index is 1.78. The number of ether oxygens (including phenoxy) is 1. The summed E-state index contributed by atoms with van der Waals surface area (Å²) in [6.07, 6.45) is 5.25. The Morgan fingerprint density at radius 3 is 2.60 bits per heavy atom. The standard InChI is InChI=1S/C24H27N3O3/c1-18-16-27(19(2)25-18)22-11-9-20(15-23(22)30-3)10-12-24(29)26(13-14-28)17-21-7-5-4-6-8-21/h4-12,15-16,28H,13-14,17H2,1-3H3/b12-10+. The predicted octanol–water partition coefficient (Wildman–Crippen LogP) is 3.53. The molecule has 0 aliphatic rings. The van der Waals surface area contributed by atoms with E-state index >= 15 is 0 Å². The fourth-order valence-electron chi connectivity index (χ4n) is 3.32. The molecule has 0 saturated carbocycles. The molecule has 6 nitrogen and oxygen atoms in total. The van der Waals surface area contributed by atoms with Gasteiger partial charge in [0, 0.05) is 25.4 Å². The van der Waals surface area contributed by atoms with Gasteiger partial charge in [0.1, 0.15) is 11.6 Å². The zero-order chi connectivity index (χ0) is 21.5. The third kappa shape index (κ3) is 5.15. The van der Waals surface area contributed by atoms with E-state index in [0.29, 0.717) is 12.3 Å². The fraction of sp³-hybridized carbons (Fsp3) is 0.250. The Kier molecular flexibility index (Phi) is 7.03. The fourth-order valence-corrected chi connectivity index (χ4v) is 3.32. The van der Waals surface area contributed by atoms with Crippen molar-refractivity contribution in [3.05, 3.63) is 83.4 Å². The highest BCUT2D eigenvalue weighted by molar-refractivity contribution is 5.91. The zero-order valence-corrected chi connectivity index (χ0v) is 17.6. The number of hydrogen-bond acceptors (Lipinski definition) is 4. The number of carbonyl (C=O) groups excluding carboxylic acids is 1. The Bertz CT molecular complexity index is 1030. The number of imidazole rings is 1. The third-order valence-corrected chi connectivity index (χ3v) is 4.78. The van der Waals surface area contributed by atoms with Crippen LogP contribution in [0.1, 0.15) is 22.6 Å². The Hall–Kier alpha value is -3.38. The summed E-state index contributed by atoms with van der Waals surface area (Å²) in [5.41, 5.74) is 3.70. The number of aryl methyl sites for hydroxylation is 2. The average molecular weight is 405 g/mol. The lowest BCUT2D eigenvalue weighted by Crippen LogP contribution is -2.31. The first-order valence-electron chi connectivity index (χ1n) is 9.84. The van der Waals surface area contributed by atoms with Gasteiger partial charge >= 0.3 is 0 Å². The lowest BCUT2D eigenvalue weighted by atomic mass is 10.1. The van der Waals surface area contributed by atoms with Crippen LogP contribution in [-0.2, 0) is 11.3 Å². The number of methoxy groups -OCH3 is 1. The minimum Gasteiger partial charge on any atom is -0.495 e. The number of aliphatic hydroxyl groups is 1. The van der Waals surface area contributed by atoms with Crippen LogP contribution in [0.2, 0.25) is 0 Å². The van der Waals surface area contributed by atoms with Crippen LogP contribution in [0.15, 0.2) is 60.8 Å². The van der Waals surface area contributed by atoms with E-state index in [4.69, 9.17) is 4.74 Å².